The average molecular weight is 144 g/mol. The first-order valence-electron chi connectivity index (χ1n) is 3.98. The van der Waals surface area contributed by atoms with Crippen molar-refractivity contribution >= 4 is 0 Å². The van der Waals surface area contributed by atoms with Crippen LogP contribution in [0.1, 0.15) is 27.2 Å². The molecular weight excluding hydrogens is 124 g/mol. The highest BCUT2D eigenvalue weighted by Gasteiger charge is 2.22. The lowest BCUT2D eigenvalue weighted by Gasteiger charge is -2.30. The zero-order valence-corrected chi connectivity index (χ0v) is 7.57. The van der Waals surface area contributed by atoms with E-state index >= 15 is 0 Å². The summed E-state index contributed by atoms with van der Waals surface area (Å²) in [6, 6.07) is 0. The fraction of sp³-hybridized carbons (Fsp3) is 1.00. The van der Waals surface area contributed by atoms with Crippen molar-refractivity contribution in [3.8, 4) is 0 Å². The van der Waals surface area contributed by atoms with Gasteiger partial charge in [0.25, 0.3) is 0 Å². The lowest BCUT2D eigenvalue weighted by molar-refractivity contribution is 0.301. The van der Waals surface area contributed by atoms with Gasteiger partial charge in [0.1, 0.15) is 0 Å². The van der Waals surface area contributed by atoms with Gasteiger partial charge in [-0.2, -0.15) is 0 Å². The van der Waals surface area contributed by atoms with E-state index in [2.05, 4.69) is 26.1 Å². The zero-order chi connectivity index (χ0) is 8.20. The summed E-state index contributed by atoms with van der Waals surface area (Å²) in [6.45, 7) is 7.42. The number of nitrogens with one attached hydrogen (secondary N) is 1. The molecule has 0 rings (SSSR count). The number of hydrogen-bond acceptors (Lipinski definition) is 2. The van der Waals surface area contributed by atoms with Crippen molar-refractivity contribution in [3.05, 3.63) is 0 Å². The van der Waals surface area contributed by atoms with Crippen LogP contribution in [0.25, 0.3) is 0 Å². The third-order valence-corrected chi connectivity index (χ3v) is 2.40. The number of hydrogen-bond donors (Lipinski definition) is 2. The van der Waals surface area contributed by atoms with Crippen LogP contribution in [-0.4, -0.2) is 19.1 Å². The van der Waals surface area contributed by atoms with E-state index in [0.717, 1.165) is 13.0 Å². The van der Waals surface area contributed by atoms with Crippen LogP contribution in [0, 0.1) is 5.92 Å². The van der Waals surface area contributed by atoms with Crippen molar-refractivity contribution in [2.24, 2.45) is 11.7 Å². The molecule has 2 atom stereocenters. The first kappa shape index (κ1) is 9.92. The molecule has 10 heavy (non-hydrogen) atoms. The van der Waals surface area contributed by atoms with Gasteiger partial charge in [0.2, 0.25) is 0 Å². The SMILES string of the molecule is CCC(C)(N)C(C)CNC. The Bertz CT molecular complexity index is 89.3. The van der Waals surface area contributed by atoms with Crippen LogP contribution in [-0.2, 0) is 0 Å². The highest BCUT2D eigenvalue weighted by molar-refractivity contribution is 4.83. The highest BCUT2D eigenvalue weighted by Crippen LogP contribution is 2.16. The smallest absolute Gasteiger partial charge is 0.0161 e. The molecule has 0 bridgehead atoms. The first-order valence-corrected chi connectivity index (χ1v) is 3.98. The minimum atomic E-state index is -0.0109. The summed E-state index contributed by atoms with van der Waals surface area (Å²) in [7, 11) is 1.96. The van der Waals surface area contributed by atoms with Crippen LogP contribution < -0.4 is 11.1 Å². The molecular formula is C8H20N2. The summed E-state index contributed by atoms with van der Waals surface area (Å²) < 4.78 is 0. The summed E-state index contributed by atoms with van der Waals surface area (Å²) >= 11 is 0. The molecule has 0 aliphatic heterocycles. The van der Waals surface area contributed by atoms with E-state index in [1.54, 1.807) is 0 Å². The van der Waals surface area contributed by atoms with Crippen LogP contribution in [0.5, 0.6) is 0 Å². The third-order valence-electron chi connectivity index (χ3n) is 2.40. The monoisotopic (exact) mass is 144 g/mol. The topological polar surface area (TPSA) is 38.0 Å². The molecule has 0 saturated carbocycles. The lowest BCUT2D eigenvalue weighted by Crippen LogP contribution is -2.45. The molecule has 3 N–H and O–H groups in total. The van der Waals surface area contributed by atoms with E-state index in [4.69, 9.17) is 5.73 Å². The molecule has 2 heteroatoms. The van der Waals surface area contributed by atoms with E-state index in [-0.39, 0.29) is 5.54 Å². The standard InChI is InChI=1S/C8H20N2/c1-5-8(3,9)7(2)6-10-4/h7,10H,5-6,9H2,1-4H3. The molecule has 2 unspecified atom stereocenters. The van der Waals surface area contributed by atoms with Gasteiger partial charge < -0.3 is 11.1 Å². The molecule has 0 aromatic heterocycles. The van der Waals surface area contributed by atoms with E-state index < -0.39 is 0 Å². The zero-order valence-electron chi connectivity index (χ0n) is 7.57. The van der Waals surface area contributed by atoms with E-state index in [9.17, 15) is 0 Å². The van der Waals surface area contributed by atoms with Crippen molar-refractivity contribution in [3.63, 3.8) is 0 Å². The van der Waals surface area contributed by atoms with Gasteiger partial charge in [-0.1, -0.05) is 13.8 Å². The molecule has 0 heterocycles. The normalized spacial score (nSPS) is 20.1. The minimum Gasteiger partial charge on any atom is -0.325 e. The molecule has 62 valence electrons. The maximum Gasteiger partial charge on any atom is 0.0161 e. The Morgan fingerprint density at radius 2 is 2.10 bits per heavy atom. The Kier molecular flexibility index (Phi) is 3.91. The van der Waals surface area contributed by atoms with Crippen LogP contribution in [0.15, 0.2) is 0 Å². The molecule has 0 spiro atoms. The third kappa shape index (κ3) is 2.67. The maximum absolute atomic E-state index is 6.01. The van der Waals surface area contributed by atoms with Crippen LogP contribution in [0.4, 0.5) is 0 Å². The van der Waals surface area contributed by atoms with E-state index in [1.165, 1.54) is 0 Å². The van der Waals surface area contributed by atoms with Gasteiger partial charge in [-0.25, -0.2) is 0 Å². The van der Waals surface area contributed by atoms with Gasteiger partial charge in [0.15, 0.2) is 0 Å². The fourth-order valence-corrected chi connectivity index (χ4v) is 0.888. The molecule has 0 radical (unpaired) electrons. The quantitative estimate of drug-likeness (QED) is 0.617. The Labute approximate surface area is 64.2 Å². The lowest BCUT2D eigenvalue weighted by atomic mass is 9.86. The molecule has 0 aliphatic carbocycles. The molecule has 0 aromatic rings. The van der Waals surface area contributed by atoms with E-state index in [0.29, 0.717) is 5.92 Å². The van der Waals surface area contributed by atoms with Gasteiger partial charge in [0.05, 0.1) is 0 Å². The molecule has 0 amide bonds. The van der Waals surface area contributed by atoms with Crippen molar-refractivity contribution in [1.29, 1.82) is 0 Å². The summed E-state index contributed by atoms with van der Waals surface area (Å²) in [5, 5.41) is 3.13. The van der Waals surface area contributed by atoms with Crippen molar-refractivity contribution < 1.29 is 0 Å². The predicted octanol–water partition coefficient (Wildman–Crippen LogP) is 0.969. The fourth-order valence-electron chi connectivity index (χ4n) is 0.888. The van der Waals surface area contributed by atoms with Gasteiger partial charge >= 0.3 is 0 Å². The van der Waals surface area contributed by atoms with Gasteiger partial charge in [-0.15, -0.1) is 0 Å². The average Bonchev–Trinajstić information content (AvgIpc) is 1.89. The number of nitrogens with two attached hydrogens (primary N) is 1. The van der Waals surface area contributed by atoms with Gasteiger partial charge in [0, 0.05) is 5.54 Å². The number of rotatable bonds is 4. The second-order valence-corrected chi connectivity index (χ2v) is 3.32. The second kappa shape index (κ2) is 3.94. The second-order valence-electron chi connectivity index (χ2n) is 3.32. The molecule has 0 fully saturated rings. The van der Waals surface area contributed by atoms with Crippen LogP contribution in [0.2, 0.25) is 0 Å². The largest absolute Gasteiger partial charge is 0.325 e. The Morgan fingerprint density at radius 3 is 2.40 bits per heavy atom. The van der Waals surface area contributed by atoms with Crippen molar-refractivity contribution in [1.82, 2.24) is 5.32 Å². The Balaban J connectivity index is 3.78. The maximum atomic E-state index is 6.01. The molecule has 2 nitrogen and oxygen atoms in total. The summed E-state index contributed by atoms with van der Waals surface area (Å²) in [6.07, 6.45) is 1.04. The summed E-state index contributed by atoms with van der Waals surface area (Å²) in [5.74, 6) is 0.544. The van der Waals surface area contributed by atoms with Crippen molar-refractivity contribution in [2.75, 3.05) is 13.6 Å². The van der Waals surface area contributed by atoms with Crippen molar-refractivity contribution in [2.45, 2.75) is 32.7 Å². The predicted molar refractivity (Wildman–Crippen MR) is 46.0 cm³/mol. The molecule has 0 aromatic carbocycles. The Hall–Kier alpha value is -0.0800. The minimum absolute atomic E-state index is 0.0109. The van der Waals surface area contributed by atoms with Gasteiger partial charge in [-0.3, -0.25) is 0 Å². The molecule has 0 saturated heterocycles. The molecule has 0 aliphatic rings. The Morgan fingerprint density at radius 1 is 1.60 bits per heavy atom. The van der Waals surface area contributed by atoms with E-state index in [1.807, 2.05) is 7.05 Å². The first-order chi connectivity index (χ1) is 4.54. The van der Waals surface area contributed by atoms with Crippen LogP contribution in [0.3, 0.4) is 0 Å². The van der Waals surface area contributed by atoms with Crippen LogP contribution >= 0.6 is 0 Å². The van der Waals surface area contributed by atoms with Gasteiger partial charge in [-0.05, 0) is 32.9 Å². The highest BCUT2D eigenvalue weighted by atomic mass is 14.8. The summed E-state index contributed by atoms with van der Waals surface area (Å²) in [5.41, 5.74) is 5.99. The summed E-state index contributed by atoms with van der Waals surface area (Å²) in [4.78, 5) is 0.